The number of furan rings is 1. The lowest BCUT2D eigenvalue weighted by atomic mass is 9.93. The van der Waals surface area contributed by atoms with Gasteiger partial charge in [-0.25, -0.2) is 15.0 Å². The maximum absolute atomic E-state index is 6.65. The van der Waals surface area contributed by atoms with Crippen molar-refractivity contribution in [2.24, 2.45) is 0 Å². The van der Waals surface area contributed by atoms with Gasteiger partial charge < -0.3 is 8.98 Å². The molecule has 5 nitrogen and oxygen atoms in total. The first-order valence-electron chi connectivity index (χ1n) is 18.8. The molecule has 5 heteroatoms. The van der Waals surface area contributed by atoms with Gasteiger partial charge in [0.15, 0.2) is 17.5 Å². The van der Waals surface area contributed by atoms with E-state index in [0.717, 1.165) is 88.4 Å². The number of benzene rings is 8. The highest BCUT2D eigenvalue weighted by Crippen LogP contribution is 2.43. The summed E-state index contributed by atoms with van der Waals surface area (Å²) in [4.78, 5) is 15.6. The highest BCUT2D eigenvalue weighted by Gasteiger charge is 2.23. The number of hydrogen-bond donors (Lipinski definition) is 0. The molecule has 3 aromatic heterocycles. The predicted octanol–water partition coefficient (Wildman–Crippen LogP) is 13.2. The molecular formula is C51H32N4O. The normalized spacial score (nSPS) is 11.6. The van der Waals surface area contributed by atoms with Gasteiger partial charge in [0.05, 0.1) is 22.1 Å². The Morgan fingerprint density at radius 1 is 0.357 bits per heavy atom. The molecule has 8 aromatic carbocycles. The predicted molar refractivity (Wildman–Crippen MR) is 229 cm³/mol. The fourth-order valence-electron chi connectivity index (χ4n) is 8.11. The molecule has 0 aliphatic carbocycles. The molecule has 0 saturated heterocycles. The van der Waals surface area contributed by atoms with Gasteiger partial charge in [-0.15, -0.1) is 0 Å². The molecule has 0 aliphatic heterocycles. The first-order chi connectivity index (χ1) is 27.8. The topological polar surface area (TPSA) is 56.7 Å². The van der Waals surface area contributed by atoms with Gasteiger partial charge in [-0.2, -0.15) is 0 Å². The average molecular weight is 717 g/mol. The van der Waals surface area contributed by atoms with E-state index >= 15 is 0 Å². The van der Waals surface area contributed by atoms with E-state index in [1.165, 1.54) is 0 Å². The summed E-state index contributed by atoms with van der Waals surface area (Å²) in [5.41, 5.74) is 12.0. The Hall–Kier alpha value is -7.63. The zero-order valence-corrected chi connectivity index (χ0v) is 30.2. The Morgan fingerprint density at radius 2 is 0.911 bits per heavy atom. The summed E-state index contributed by atoms with van der Waals surface area (Å²) in [6, 6.07) is 67.4. The first-order valence-corrected chi connectivity index (χ1v) is 18.8. The maximum Gasteiger partial charge on any atom is 0.166 e. The van der Waals surface area contributed by atoms with Crippen molar-refractivity contribution in [3.05, 3.63) is 194 Å². The Kier molecular flexibility index (Phi) is 7.42. The number of nitrogens with zero attached hydrogens (tertiary/aromatic N) is 4. The van der Waals surface area contributed by atoms with Gasteiger partial charge in [-0.05, 0) is 58.7 Å². The van der Waals surface area contributed by atoms with Crippen molar-refractivity contribution in [3.8, 4) is 62.1 Å². The smallest absolute Gasteiger partial charge is 0.166 e. The van der Waals surface area contributed by atoms with Crippen LogP contribution in [0.15, 0.2) is 199 Å². The second kappa shape index (κ2) is 13.0. The third-order valence-electron chi connectivity index (χ3n) is 10.7. The minimum absolute atomic E-state index is 0.586. The minimum Gasteiger partial charge on any atom is -0.455 e. The molecule has 0 spiro atoms. The van der Waals surface area contributed by atoms with Crippen molar-refractivity contribution in [1.82, 2.24) is 19.5 Å². The maximum atomic E-state index is 6.65. The first kappa shape index (κ1) is 31.9. The summed E-state index contributed by atoms with van der Waals surface area (Å²) < 4.78 is 8.99. The molecule has 262 valence electrons. The van der Waals surface area contributed by atoms with Crippen LogP contribution >= 0.6 is 0 Å². The minimum atomic E-state index is 0.586. The lowest BCUT2D eigenvalue weighted by Crippen LogP contribution is -2.04. The van der Waals surface area contributed by atoms with Crippen LogP contribution in [-0.4, -0.2) is 19.5 Å². The summed E-state index contributed by atoms with van der Waals surface area (Å²) in [5.74, 6) is 1.81. The molecule has 0 amide bonds. The lowest BCUT2D eigenvalue weighted by Gasteiger charge is -2.17. The molecule has 0 aliphatic rings. The average Bonchev–Trinajstić information content (AvgIpc) is 3.83. The van der Waals surface area contributed by atoms with Crippen LogP contribution in [0.1, 0.15) is 0 Å². The lowest BCUT2D eigenvalue weighted by molar-refractivity contribution is 0.673. The van der Waals surface area contributed by atoms with Gasteiger partial charge in [0, 0.05) is 32.8 Å². The molecule has 0 atom stereocenters. The van der Waals surface area contributed by atoms with E-state index in [2.05, 4.69) is 126 Å². The van der Waals surface area contributed by atoms with E-state index in [0.29, 0.717) is 17.5 Å². The number of rotatable bonds is 6. The fraction of sp³-hybridized carbons (Fsp3) is 0. The van der Waals surface area contributed by atoms with Crippen LogP contribution in [-0.2, 0) is 0 Å². The molecule has 0 unspecified atom stereocenters. The van der Waals surface area contributed by atoms with E-state index in [-0.39, 0.29) is 0 Å². The Bertz CT molecular complexity index is 3180. The van der Waals surface area contributed by atoms with Crippen LogP contribution in [0.5, 0.6) is 0 Å². The van der Waals surface area contributed by atoms with E-state index in [4.69, 9.17) is 19.4 Å². The summed E-state index contributed by atoms with van der Waals surface area (Å²) in [7, 11) is 0. The van der Waals surface area contributed by atoms with Crippen molar-refractivity contribution in [2.75, 3.05) is 0 Å². The van der Waals surface area contributed by atoms with Crippen molar-refractivity contribution in [1.29, 1.82) is 0 Å². The molecule has 0 fully saturated rings. The van der Waals surface area contributed by atoms with E-state index in [9.17, 15) is 0 Å². The molecule has 0 saturated carbocycles. The van der Waals surface area contributed by atoms with Crippen molar-refractivity contribution < 1.29 is 4.42 Å². The van der Waals surface area contributed by atoms with Crippen LogP contribution in [0.2, 0.25) is 0 Å². The van der Waals surface area contributed by atoms with Crippen molar-refractivity contribution >= 4 is 43.7 Å². The molecule has 0 bridgehead atoms. The van der Waals surface area contributed by atoms with Crippen LogP contribution < -0.4 is 0 Å². The van der Waals surface area contributed by atoms with Crippen LogP contribution in [0, 0.1) is 0 Å². The van der Waals surface area contributed by atoms with Crippen LogP contribution in [0.3, 0.4) is 0 Å². The van der Waals surface area contributed by atoms with Gasteiger partial charge in [-0.1, -0.05) is 158 Å². The zero-order chi connectivity index (χ0) is 37.0. The van der Waals surface area contributed by atoms with E-state index < -0.39 is 0 Å². The van der Waals surface area contributed by atoms with Gasteiger partial charge in [0.1, 0.15) is 11.2 Å². The standard InChI is InChI=1S/C51H32N4O/c1-4-16-33(17-5-1)37-22-10-11-23-38(37)36-28-30-44(42(32-36)51-53-49(34-18-6-2-7-19-34)52-50(54-51)35-20-8-3-9-21-35)55-43-26-14-12-25-41(43)47-45(55)31-29-40-39-24-13-15-27-46(39)56-48(40)47/h1-32H. The number of aromatic nitrogens is 4. The highest BCUT2D eigenvalue weighted by molar-refractivity contribution is 6.24. The summed E-state index contributed by atoms with van der Waals surface area (Å²) in [6.45, 7) is 0. The molecule has 0 N–H and O–H groups in total. The molecule has 0 radical (unpaired) electrons. The number of hydrogen-bond acceptors (Lipinski definition) is 4. The summed E-state index contributed by atoms with van der Waals surface area (Å²) in [5, 5.41) is 4.39. The largest absolute Gasteiger partial charge is 0.455 e. The van der Waals surface area contributed by atoms with E-state index in [1.54, 1.807) is 0 Å². The fourth-order valence-corrected chi connectivity index (χ4v) is 8.11. The molecule has 11 aromatic rings. The quantitative estimate of drug-likeness (QED) is 0.172. The van der Waals surface area contributed by atoms with Crippen LogP contribution in [0.4, 0.5) is 0 Å². The zero-order valence-electron chi connectivity index (χ0n) is 30.2. The van der Waals surface area contributed by atoms with Crippen LogP contribution in [0.25, 0.3) is 106 Å². The molecule has 11 rings (SSSR count). The SMILES string of the molecule is c1ccc(-c2nc(-c3ccccc3)nc(-c3cc(-c4ccccc4-c4ccccc4)ccc3-n3c4ccccc4c4c5oc6ccccc6c5ccc43)n2)cc1. The van der Waals surface area contributed by atoms with Gasteiger partial charge >= 0.3 is 0 Å². The van der Waals surface area contributed by atoms with Gasteiger partial charge in [-0.3, -0.25) is 0 Å². The Balaban J connectivity index is 1.24. The monoisotopic (exact) mass is 716 g/mol. The summed E-state index contributed by atoms with van der Waals surface area (Å²) in [6.07, 6.45) is 0. The molecule has 56 heavy (non-hydrogen) atoms. The Labute approximate surface area is 322 Å². The highest BCUT2D eigenvalue weighted by atomic mass is 16.3. The van der Waals surface area contributed by atoms with Crippen molar-refractivity contribution in [2.45, 2.75) is 0 Å². The number of fused-ring (bicyclic) bond motifs is 7. The third-order valence-corrected chi connectivity index (χ3v) is 10.7. The molecular weight excluding hydrogens is 685 g/mol. The van der Waals surface area contributed by atoms with E-state index in [1.807, 2.05) is 72.8 Å². The molecule has 3 heterocycles. The second-order valence-corrected chi connectivity index (χ2v) is 14.0. The third kappa shape index (κ3) is 5.21. The Morgan fingerprint density at radius 3 is 1.61 bits per heavy atom. The van der Waals surface area contributed by atoms with Gasteiger partial charge in [0.2, 0.25) is 0 Å². The van der Waals surface area contributed by atoms with Crippen molar-refractivity contribution in [3.63, 3.8) is 0 Å². The summed E-state index contributed by atoms with van der Waals surface area (Å²) >= 11 is 0. The second-order valence-electron chi connectivity index (χ2n) is 14.0. The number of para-hydroxylation sites is 2. The van der Waals surface area contributed by atoms with Gasteiger partial charge in [0.25, 0.3) is 0 Å².